The molecule has 0 aromatic heterocycles. The molecule has 0 radical (unpaired) electrons. The average Bonchev–Trinajstić information content (AvgIpc) is 2.10. The van der Waals surface area contributed by atoms with Gasteiger partial charge in [0.15, 0.2) is 0 Å². The summed E-state index contributed by atoms with van der Waals surface area (Å²) >= 11 is 0. The van der Waals surface area contributed by atoms with Gasteiger partial charge in [-0.05, 0) is 6.42 Å². The summed E-state index contributed by atoms with van der Waals surface area (Å²) in [5, 5.41) is 8.39. The van der Waals surface area contributed by atoms with E-state index in [1.807, 2.05) is 0 Å². The van der Waals surface area contributed by atoms with Crippen molar-refractivity contribution in [1.29, 1.82) is 0 Å². The van der Waals surface area contributed by atoms with Gasteiger partial charge in [0.2, 0.25) is 0 Å². The highest BCUT2D eigenvalue weighted by molar-refractivity contribution is 5.87. The van der Waals surface area contributed by atoms with Gasteiger partial charge < -0.3 is 14.6 Å². The topological polar surface area (TPSA) is 55.8 Å². The van der Waals surface area contributed by atoms with Gasteiger partial charge in [0.05, 0.1) is 19.3 Å². The third-order valence-electron chi connectivity index (χ3n) is 1.20. The summed E-state index contributed by atoms with van der Waals surface area (Å²) in [6, 6.07) is 0. The van der Waals surface area contributed by atoms with Crippen LogP contribution in [0, 0.1) is 0 Å². The summed E-state index contributed by atoms with van der Waals surface area (Å²) in [5.74, 6) is -0.459. The van der Waals surface area contributed by atoms with Crippen LogP contribution in [0.1, 0.15) is 6.42 Å². The van der Waals surface area contributed by atoms with E-state index in [1.165, 1.54) is 7.11 Å². The van der Waals surface area contributed by atoms with E-state index in [4.69, 9.17) is 9.84 Å². The molecule has 12 heavy (non-hydrogen) atoms. The van der Waals surface area contributed by atoms with Gasteiger partial charge in [0.1, 0.15) is 0 Å². The number of aliphatic hydroxyl groups is 1. The van der Waals surface area contributed by atoms with Crippen LogP contribution in [0.4, 0.5) is 0 Å². The Morgan fingerprint density at radius 1 is 1.58 bits per heavy atom. The smallest absolute Gasteiger partial charge is 0.335 e. The molecule has 0 fully saturated rings. The van der Waals surface area contributed by atoms with E-state index >= 15 is 0 Å². The van der Waals surface area contributed by atoms with Gasteiger partial charge in [-0.2, -0.15) is 0 Å². The summed E-state index contributed by atoms with van der Waals surface area (Å²) in [6.45, 7) is 4.13. The van der Waals surface area contributed by atoms with Crippen molar-refractivity contribution in [2.75, 3.05) is 26.9 Å². The van der Waals surface area contributed by atoms with Crippen LogP contribution in [0.5, 0.6) is 0 Å². The summed E-state index contributed by atoms with van der Waals surface area (Å²) in [4.78, 5) is 10.7. The number of hydrogen-bond donors (Lipinski definition) is 1. The molecule has 0 heterocycles. The standard InChI is InChI=1S/C8H14O4/c1-7(8(10)11-2)6-12-5-3-4-9/h9H,1,3-6H2,2H3. The molecular formula is C8H14O4. The fraction of sp³-hybridized carbons (Fsp3) is 0.625. The van der Waals surface area contributed by atoms with Gasteiger partial charge in [-0.3, -0.25) is 0 Å². The highest BCUT2D eigenvalue weighted by Crippen LogP contribution is 1.94. The molecule has 0 aromatic carbocycles. The molecule has 4 nitrogen and oxygen atoms in total. The van der Waals surface area contributed by atoms with E-state index in [0.717, 1.165) is 0 Å². The molecule has 0 aromatic rings. The Balaban J connectivity index is 3.38. The van der Waals surface area contributed by atoms with Crippen LogP contribution in [0.2, 0.25) is 0 Å². The molecule has 0 saturated carbocycles. The Kier molecular flexibility index (Phi) is 6.32. The first-order chi connectivity index (χ1) is 5.72. The molecule has 0 spiro atoms. The summed E-state index contributed by atoms with van der Waals surface area (Å²) in [7, 11) is 1.29. The molecule has 1 N–H and O–H groups in total. The van der Waals surface area contributed by atoms with Crippen molar-refractivity contribution < 1.29 is 19.4 Å². The predicted molar refractivity (Wildman–Crippen MR) is 43.7 cm³/mol. The Morgan fingerprint density at radius 2 is 2.25 bits per heavy atom. The van der Waals surface area contributed by atoms with E-state index in [-0.39, 0.29) is 18.8 Å². The Hall–Kier alpha value is -0.870. The normalized spacial score (nSPS) is 9.50. The van der Waals surface area contributed by atoms with Crippen LogP contribution in [-0.2, 0) is 14.3 Å². The minimum Gasteiger partial charge on any atom is -0.466 e. The Labute approximate surface area is 71.8 Å². The van der Waals surface area contributed by atoms with Crippen LogP contribution in [0.25, 0.3) is 0 Å². The predicted octanol–water partition coefficient (Wildman–Crippen LogP) is 0.115. The quantitative estimate of drug-likeness (QED) is 0.353. The molecule has 0 amide bonds. The molecule has 0 rings (SSSR count). The maximum Gasteiger partial charge on any atom is 0.335 e. The second-order valence-corrected chi connectivity index (χ2v) is 2.22. The fourth-order valence-electron chi connectivity index (χ4n) is 0.565. The third kappa shape index (κ3) is 4.87. The van der Waals surface area contributed by atoms with Gasteiger partial charge >= 0.3 is 5.97 Å². The van der Waals surface area contributed by atoms with E-state index in [1.54, 1.807) is 0 Å². The van der Waals surface area contributed by atoms with Gasteiger partial charge in [0, 0.05) is 13.2 Å². The van der Waals surface area contributed by atoms with E-state index in [9.17, 15) is 4.79 Å². The molecule has 0 unspecified atom stereocenters. The van der Waals surface area contributed by atoms with Crippen molar-refractivity contribution in [3.05, 3.63) is 12.2 Å². The zero-order valence-electron chi connectivity index (χ0n) is 7.21. The second kappa shape index (κ2) is 6.82. The second-order valence-electron chi connectivity index (χ2n) is 2.22. The number of esters is 1. The monoisotopic (exact) mass is 174 g/mol. The van der Waals surface area contributed by atoms with Crippen molar-refractivity contribution in [2.24, 2.45) is 0 Å². The SMILES string of the molecule is C=C(COCCCO)C(=O)OC. The van der Waals surface area contributed by atoms with E-state index in [0.29, 0.717) is 13.0 Å². The minimum absolute atomic E-state index is 0.0880. The fourth-order valence-corrected chi connectivity index (χ4v) is 0.565. The highest BCUT2D eigenvalue weighted by atomic mass is 16.5. The zero-order valence-corrected chi connectivity index (χ0v) is 7.21. The molecule has 4 heteroatoms. The van der Waals surface area contributed by atoms with Gasteiger partial charge in [-0.1, -0.05) is 6.58 Å². The maximum atomic E-state index is 10.7. The van der Waals surface area contributed by atoms with Gasteiger partial charge in [-0.25, -0.2) is 4.79 Å². The molecule has 0 saturated heterocycles. The van der Waals surface area contributed by atoms with Crippen molar-refractivity contribution in [1.82, 2.24) is 0 Å². The van der Waals surface area contributed by atoms with Crippen molar-refractivity contribution in [3.63, 3.8) is 0 Å². The minimum atomic E-state index is -0.459. The summed E-state index contributed by atoms with van der Waals surface area (Å²) in [6.07, 6.45) is 0.564. The van der Waals surface area contributed by atoms with Crippen molar-refractivity contribution >= 4 is 5.97 Å². The van der Waals surface area contributed by atoms with E-state index < -0.39 is 5.97 Å². The molecule has 70 valence electrons. The number of carbonyl (C=O) groups excluding carboxylic acids is 1. The number of carbonyl (C=O) groups is 1. The largest absolute Gasteiger partial charge is 0.466 e. The molecule has 0 aliphatic rings. The molecule has 0 aliphatic carbocycles. The number of hydrogen-bond acceptors (Lipinski definition) is 4. The van der Waals surface area contributed by atoms with Crippen molar-refractivity contribution in [2.45, 2.75) is 6.42 Å². The number of ether oxygens (including phenoxy) is 2. The van der Waals surface area contributed by atoms with Crippen molar-refractivity contribution in [3.8, 4) is 0 Å². The van der Waals surface area contributed by atoms with Gasteiger partial charge in [0.25, 0.3) is 0 Å². The van der Waals surface area contributed by atoms with Crippen LogP contribution in [0.3, 0.4) is 0 Å². The first kappa shape index (κ1) is 11.1. The third-order valence-corrected chi connectivity index (χ3v) is 1.20. The Bertz CT molecular complexity index is 153. The lowest BCUT2D eigenvalue weighted by Gasteiger charge is -2.03. The zero-order chi connectivity index (χ0) is 9.40. The number of methoxy groups -OCH3 is 1. The van der Waals surface area contributed by atoms with Crippen LogP contribution in [0.15, 0.2) is 12.2 Å². The molecule has 0 aliphatic heterocycles. The first-order valence-electron chi connectivity index (χ1n) is 3.67. The van der Waals surface area contributed by atoms with Gasteiger partial charge in [-0.15, -0.1) is 0 Å². The number of rotatable bonds is 6. The highest BCUT2D eigenvalue weighted by Gasteiger charge is 2.05. The summed E-state index contributed by atoms with van der Waals surface area (Å²) in [5.41, 5.74) is 0.287. The van der Waals surface area contributed by atoms with Crippen LogP contribution in [-0.4, -0.2) is 38.0 Å². The Morgan fingerprint density at radius 3 is 2.75 bits per heavy atom. The maximum absolute atomic E-state index is 10.7. The lowest BCUT2D eigenvalue weighted by Crippen LogP contribution is -2.10. The lowest BCUT2D eigenvalue weighted by molar-refractivity contribution is -0.136. The summed E-state index contributed by atoms with van der Waals surface area (Å²) < 4.78 is 9.40. The van der Waals surface area contributed by atoms with E-state index in [2.05, 4.69) is 11.3 Å². The van der Waals surface area contributed by atoms with Crippen LogP contribution >= 0.6 is 0 Å². The first-order valence-corrected chi connectivity index (χ1v) is 3.67. The molecule has 0 atom stereocenters. The molecular weight excluding hydrogens is 160 g/mol. The number of aliphatic hydroxyl groups excluding tert-OH is 1. The average molecular weight is 174 g/mol. The van der Waals surface area contributed by atoms with Crippen LogP contribution < -0.4 is 0 Å². The molecule has 0 bridgehead atoms. The lowest BCUT2D eigenvalue weighted by atomic mass is 10.3.